The van der Waals surface area contributed by atoms with E-state index in [1.807, 2.05) is 61.5 Å². The van der Waals surface area contributed by atoms with Crippen LogP contribution in [0.25, 0.3) is 11.1 Å². The molecule has 1 saturated carbocycles. The maximum atomic E-state index is 12.7. The number of hydrogen-bond acceptors (Lipinski definition) is 3. The Morgan fingerprint density at radius 2 is 1.96 bits per heavy atom. The lowest BCUT2D eigenvalue weighted by Gasteiger charge is -2.23. The predicted octanol–water partition coefficient (Wildman–Crippen LogP) is 4.61. The minimum Gasteiger partial charge on any atom is -0.397 e. The summed E-state index contributed by atoms with van der Waals surface area (Å²) >= 11 is 0. The smallest absolute Gasteiger partial charge is 0.232 e. The zero-order valence-corrected chi connectivity index (χ0v) is 14.8. The van der Waals surface area contributed by atoms with Crippen LogP contribution in [0.3, 0.4) is 0 Å². The van der Waals surface area contributed by atoms with E-state index in [2.05, 4.69) is 10.2 Å². The number of nitrogens with zero attached hydrogens (tertiary/aromatic N) is 2. The first kappa shape index (κ1) is 16.4. The molecule has 0 aliphatic heterocycles. The van der Waals surface area contributed by atoms with E-state index in [0.29, 0.717) is 29.5 Å². The highest BCUT2D eigenvalue weighted by Gasteiger charge is 2.28. The molecule has 26 heavy (non-hydrogen) atoms. The maximum absolute atomic E-state index is 12.7. The average Bonchev–Trinajstić information content (AvgIpc) is 3.42. The average molecular weight is 346 g/mol. The van der Waals surface area contributed by atoms with E-state index >= 15 is 0 Å². The number of H-pyrrole nitrogens is 1. The van der Waals surface area contributed by atoms with Gasteiger partial charge in [0.05, 0.1) is 11.4 Å². The van der Waals surface area contributed by atoms with E-state index in [9.17, 15) is 4.79 Å². The first-order valence-corrected chi connectivity index (χ1v) is 9.01. The molecule has 0 spiro atoms. The summed E-state index contributed by atoms with van der Waals surface area (Å²) < 4.78 is 0. The molecule has 1 aliphatic rings. The van der Waals surface area contributed by atoms with Gasteiger partial charge in [-0.05, 0) is 24.5 Å². The normalized spacial score (nSPS) is 13.6. The van der Waals surface area contributed by atoms with Gasteiger partial charge in [-0.25, -0.2) is 0 Å². The van der Waals surface area contributed by atoms with Crippen molar-refractivity contribution in [3.8, 4) is 11.1 Å². The van der Waals surface area contributed by atoms with Gasteiger partial charge in [0.2, 0.25) is 5.91 Å². The van der Waals surface area contributed by atoms with Crippen molar-refractivity contribution < 1.29 is 4.79 Å². The Morgan fingerprint density at radius 1 is 1.19 bits per heavy atom. The Morgan fingerprint density at radius 3 is 2.65 bits per heavy atom. The first-order chi connectivity index (χ1) is 12.7. The van der Waals surface area contributed by atoms with Gasteiger partial charge in [0, 0.05) is 29.7 Å². The largest absolute Gasteiger partial charge is 0.397 e. The van der Waals surface area contributed by atoms with Crippen LogP contribution in [0.5, 0.6) is 0 Å². The van der Waals surface area contributed by atoms with E-state index < -0.39 is 0 Å². The summed E-state index contributed by atoms with van der Waals surface area (Å²) in [6, 6.07) is 17.7. The van der Waals surface area contributed by atoms with Crippen LogP contribution in [-0.2, 0) is 4.79 Å². The molecule has 1 amide bonds. The molecule has 3 N–H and O–H groups in total. The van der Waals surface area contributed by atoms with Crippen molar-refractivity contribution in [1.29, 1.82) is 0 Å². The van der Waals surface area contributed by atoms with Crippen LogP contribution in [0.1, 0.15) is 37.8 Å². The summed E-state index contributed by atoms with van der Waals surface area (Å²) in [4.78, 5) is 14.4. The number of nitrogens with two attached hydrogens (primary N) is 1. The zero-order chi connectivity index (χ0) is 18.1. The molecule has 1 fully saturated rings. The number of rotatable bonds is 5. The number of aromatic nitrogens is 2. The summed E-state index contributed by atoms with van der Waals surface area (Å²) in [5, 5.41) is 7.47. The van der Waals surface area contributed by atoms with Gasteiger partial charge in [-0.2, -0.15) is 5.10 Å². The van der Waals surface area contributed by atoms with Crippen LogP contribution in [0, 0.1) is 0 Å². The number of carbonyl (C=O) groups excluding carboxylic acids is 1. The number of nitrogens with one attached hydrogen (secondary N) is 1. The summed E-state index contributed by atoms with van der Waals surface area (Å²) in [6.45, 7) is 1.85. The van der Waals surface area contributed by atoms with Crippen LogP contribution in [0.4, 0.5) is 17.2 Å². The molecule has 0 unspecified atom stereocenters. The van der Waals surface area contributed by atoms with Crippen molar-refractivity contribution in [3.63, 3.8) is 0 Å². The zero-order valence-electron chi connectivity index (χ0n) is 14.8. The third kappa shape index (κ3) is 2.96. The molecule has 5 heteroatoms. The molecule has 0 radical (unpaired) electrons. The molecule has 0 atom stereocenters. The number of carbonyl (C=O) groups is 1. The van der Waals surface area contributed by atoms with E-state index in [1.54, 1.807) is 4.90 Å². The van der Waals surface area contributed by atoms with E-state index in [0.717, 1.165) is 16.8 Å². The molecule has 4 rings (SSSR count). The number of aromatic amines is 1. The second-order valence-electron chi connectivity index (χ2n) is 6.64. The van der Waals surface area contributed by atoms with Gasteiger partial charge in [0.25, 0.3) is 0 Å². The Hall–Kier alpha value is -3.08. The maximum Gasteiger partial charge on any atom is 0.232 e. The molecule has 2 aromatic carbocycles. The van der Waals surface area contributed by atoms with Crippen molar-refractivity contribution >= 4 is 23.1 Å². The van der Waals surface area contributed by atoms with Crippen LogP contribution in [0.15, 0.2) is 54.6 Å². The Kier molecular flexibility index (Phi) is 4.21. The number of anilines is 3. The van der Waals surface area contributed by atoms with Crippen LogP contribution < -0.4 is 10.6 Å². The second kappa shape index (κ2) is 6.67. The van der Waals surface area contributed by atoms with Crippen molar-refractivity contribution in [2.24, 2.45) is 0 Å². The van der Waals surface area contributed by atoms with Gasteiger partial charge >= 0.3 is 0 Å². The molecule has 1 heterocycles. The minimum atomic E-state index is -0.0317. The highest BCUT2D eigenvalue weighted by molar-refractivity contribution is 6.04. The Bertz CT molecular complexity index is 928. The lowest BCUT2D eigenvalue weighted by Crippen LogP contribution is -2.26. The lowest BCUT2D eigenvalue weighted by molar-refractivity contribution is -0.117. The Balaban J connectivity index is 1.79. The fraction of sp³-hybridized carbons (Fsp3) is 0.238. The van der Waals surface area contributed by atoms with Gasteiger partial charge in [-0.3, -0.25) is 14.8 Å². The summed E-state index contributed by atoms with van der Waals surface area (Å²) in [5.41, 5.74) is 10.8. The molecule has 0 bridgehead atoms. The van der Waals surface area contributed by atoms with E-state index in [1.165, 1.54) is 12.8 Å². The number of nitrogen functional groups attached to an aromatic ring is 1. The van der Waals surface area contributed by atoms with E-state index in [4.69, 9.17) is 5.73 Å². The van der Waals surface area contributed by atoms with Crippen molar-refractivity contribution in [2.75, 3.05) is 10.6 Å². The first-order valence-electron chi connectivity index (χ1n) is 9.01. The monoisotopic (exact) mass is 346 g/mol. The standard InChI is InChI=1S/C21H22N4O/c1-2-20(26)25(19-13-17(23-24-19)15-11-12-15)18-10-6-9-16(21(18)22)14-7-4-3-5-8-14/h3-10,13,15H,2,11-12,22H2,1H3,(H,23,24). The fourth-order valence-electron chi connectivity index (χ4n) is 3.20. The van der Waals surface area contributed by atoms with Crippen molar-refractivity contribution in [1.82, 2.24) is 10.2 Å². The minimum absolute atomic E-state index is 0.0317. The Labute approximate surface area is 152 Å². The van der Waals surface area contributed by atoms with Crippen molar-refractivity contribution in [3.05, 3.63) is 60.3 Å². The number of para-hydroxylation sites is 1. The molecule has 1 aliphatic carbocycles. The third-order valence-electron chi connectivity index (χ3n) is 4.79. The van der Waals surface area contributed by atoms with Crippen molar-refractivity contribution in [2.45, 2.75) is 32.1 Å². The third-order valence-corrected chi connectivity index (χ3v) is 4.79. The van der Waals surface area contributed by atoms with Crippen LogP contribution in [-0.4, -0.2) is 16.1 Å². The van der Waals surface area contributed by atoms with Gasteiger partial charge in [-0.1, -0.05) is 49.4 Å². The van der Waals surface area contributed by atoms with Gasteiger partial charge in [-0.15, -0.1) is 0 Å². The molecule has 5 nitrogen and oxygen atoms in total. The number of hydrogen-bond donors (Lipinski definition) is 2. The topological polar surface area (TPSA) is 75.0 Å². The molecule has 1 aromatic heterocycles. The quantitative estimate of drug-likeness (QED) is 0.662. The fourth-order valence-corrected chi connectivity index (χ4v) is 3.20. The number of amides is 1. The molecular formula is C21H22N4O. The van der Waals surface area contributed by atoms with Gasteiger partial charge in [0.15, 0.2) is 5.82 Å². The number of benzene rings is 2. The van der Waals surface area contributed by atoms with Crippen LogP contribution >= 0.6 is 0 Å². The SMILES string of the molecule is CCC(=O)N(c1cc(C2CC2)[nH]n1)c1cccc(-c2ccccc2)c1N. The van der Waals surface area contributed by atoms with E-state index in [-0.39, 0.29) is 5.91 Å². The summed E-state index contributed by atoms with van der Waals surface area (Å²) in [6.07, 6.45) is 2.73. The highest BCUT2D eigenvalue weighted by atomic mass is 16.2. The summed E-state index contributed by atoms with van der Waals surface area (Å²) in [5.74, 6) is 1.12. The second-order valence-corrected chi connectivity index (χ2v) is 6.64. The lowest BCUT2D eigenvalue weighted by atomic mass is 10.0. The van der Waals surface area contributed by atoms with Gasteiger partial charge < -0.3 is 5.73 Å². The molecular weight excluding hydrogens is 324 g/mol. The van der Waals surface area contributed by atoms with Crippen LogP contribution in [0.2, 0.25) is 0 Å². The molecule has 132 valence electrons. The molecule has 3 aromatic rings. The molecule has 0 saturated heterocycles. The summed E-state index contributed by atoms with van der Waals surface area (Å²) in [7, 11) is 0. The predicted molar refractivity (Wildman–Crippen MR) is 104 cm³/mol. The highest BCUT2D eigenvalue weighted by Crippen LogP contribution is 2.42. The van der Waals surface area contributed by atoms with Gasteiger partial charge in [0.1, 0.15) is 0 Å².